The summed E-state index contributed by atoms with van der Waals surface area (Å²) in [4.78, 5) is 34.1. The van der Waals surface area contributed by atoms with Gasteiger partial charge >= 0.3 is 0 Å². The largest absolute Gasteiger partial charge is 0.497 e. The van der Waals surface area contributed by atoms with E-state index in [1.54, 1.807) is 49.0 Å². The van der Waals surface area contributed by atoms with Gasteiger partial charge in [0.2, 0.25) is 5.91 Å². The monoisotopic (exact) mass is 515 g/mol. The van der Waals surface area contributed by atoms with E-state index in [2.05, 4.69) is 0 Å². The van der Waals surface area contributed by atoms with Gasteiger partial charge in [0, 0.05) is 20.3 Å². The Labute approximate surface area is 222 Å². The van der Waals surface area contributed by atoms with Gasteiger partial charge in [-0.2, -0.15) is 0 Å². The molecule has 8 nitrogen and oxygen atoms in total. The van der Waals surface area contributed by atoms with E-state index >= 15 is 0 Å². The molecule has 3 aromatic carbocycles. The topological polar surface area (TPSA) is 82.9 Å². The summed E-state index contributed by atoms with van der Waals surface area (Å²) in [5.41, 5.74) is 1.92. The molecule has 0 aliphatic rings. The van der Waals surface area contributed by atoms with Crippen molar-refractivity contribution in [2.45, 2.75) is 25.8 Å². The molecule has 1 unspecified atom stereocenters. The van der Waals surface area contributed by atoms with Crippen LogP contribution in [-0.2, 0) is 16.0 Å². The van der Waals surface area contributed by atoms with E-state index in [1.807, 2.05) is 61.5 Å². The summed E-state index contributed by atoms with van der Waals surface area (Å²) in [6.07, 6.45) is 0.858. The van der Waals surface area contributed by atoms with E-state index in [9.17, 15) is 9.59 Å². The van der Waals surface area contributed by atoms with Crippen molar-refractivity contribution >= 4 is 16.8 Å². The molecule has 4 aromatic rings. The van der Waals surface area contributed by atoms with E-state index in [1.165, 1.54) is 0 Å². The fraction of sp³-hybridized carbons (Fsp3) is 0.300. The van der Waals surface area contributed by atoms with Crippen LogP contribution in [0.4, 0.5) is 0 Å². The van der Waals surface area contributed by atoms with E-state index in [4.69, 9.17) is 19.2 Å². The molecular weight excluding hydrogens is 482 g/mol. The highest BCUT2D eigenvalue weighted by Crippen LogP contribution is 2.25. The Kier molecular flexibility index (Phi) is 8.76. The normalized spacial score (nSPS) is 11.8. The van der Waals surface area contributed by atoms with Gasteiger partial charge in [-0.1, -0.05) is 24.3 Å². The van der Waals surface area contributed by atoms with Gasteiger partial charge in [-0.05, 0) is 67.4 Å². The highest BCUT2D eigenvalue weighted by molar-refractivity contribution is 5.80. The van der Waals surface area contributed by atoms with Crippen LogP contribution in [0.1, 0.15) is 30.8 Å². The Morgan fingerprint density at radius 1 is 0.921 bits per heavy atom. The summed E-state index contributed by atoms with van der Waals surface area (Å²) in [6, 6.07) is 21.5. The molecule has 1 atom stereocenters. The second-order valence-electron chi connectivity index (χ2n) is 8.96. The van der Waals surface area contributed by atoms with Gasteiger partial charge in [0.25, 0.3) is 5.56 Å². The Bertz CT molecular complexity index is 1430. The van der Waals surface area contributed by atoms with Crippen molar-refractivity contribution < 1.29 is 19.0 Å². The summed E-state index contributed by atoms with van der Waals surface area (Å²) >= 11 is 0. The minimum Gasteiger partial charge on any atom is -0.497 e. The van der Waals surface area contributed by atoms with Crippen LogP contribution in [0.15, 0.2) is 77.6 Å². The standard InChI is InChI=1S/C30H33N3O5/c1-21(32(18-7-19-36-2)28(34)20-22-10-14-24(37-3)15-11-22)29-31-27-9-6-5-8-26(27)30(35)33(29)23-12-16-25(38-4)17-13-23/h5-6,8-17,21H,7,18-20H2,1-4H3. The second kappa shape index (κ2) is 12.4. The number of para-hydroxylation sites is 1. The van der Waals surface area contributed by atoms with Crippen LogP contribution in [0, 0.1) is 0 Å². The minimum atomic E-state index is -0.489. The van der Waals surface area contributed by atoms with E-state index in [0.717, 1.165) is 11.3 Å². The summed E-state index contributed by atoms with van der Waals surface area (Å²) in [5, 5.41) is 0.509. The van der Waals surface area contributed by atoms with E-state index in [-0.39, 0.29) is 17.9 Å². The predicted octanol–water partition coefficient (Wildman–Crippen LogP) is 4.57. The fourth-order valence-corrected chi connectivity index (χ4v) is 4.48. The fourth-order valence-electron chi connectivity index (χ4n) is 4.48. The molecule has 0 saturated carbocycles. The highest BCUT2D eigenvalue weighted by atomic mass is 16.5. The molecule has 0 spiro atoms. The summed E-state index contributed by atoms with van der Waals surface area (Å²) in [7, 11) is 4.84. The van der Waals surface area contributed by atoms with Crippen molar-refractivity contribution in [1.82, 2.24) is 14.5 Å². The highest BCUT2D eigenvalue weighted by Gasteiger charge is 2.27. The second-order valence-corrected chi connectivity index (χ2v) is 8.96. The van der Waals surface area contributed by atoms with Crippen molar-refractivity contribution in [3.63, 3.8) is 0 Å². The molecule has 38 heavy (non-hydrogen) atoms. The number of hydrogen-bond donors (Lipinski definition) is 0. The van der Waals surface area contributed by atoms with Crippen molar-refractivity contribution in [3.8, 4) is 17.2 Å². The van der Waals surface area contributed by atoms with E-state index < -0.39 is 6.04 Å². The molecular formula is C30H33N3O5. The quantitative estimate of drug-likeness (QED) is 0.272. The Balaban J connectivity index is 1.78. The lowest BCUT2D eigenvalue weighted by atomic mass is 10.1. The number of fused-ring (bicyclic) bond motifs is 1. The zero-order valence-electron chi connectivity index (χ0n) is 22.2. The van der Waals surface area contributed by atoms with Gasteiger partial charge < -0.3 is 19.1 Å². The minimum absolute atomic E-state index is 0.0672. The number of ether oxygens (including phenoxy) is 3. The molecule has 4 rings (SSSR count). The number of carbonyl (C=O) groups excluding carboxylic acids is 1. The molecule has 1 aromatic heterocycles. The third-order valence-electron chi connectivity index (χ3n) is 6.56. The Morgan fingerprint density at radius 3 is 2.18 bits per heavy atom. The number of methoxy groups -OCH3 is 3. The molecule has 0 N–H and O–H groups in total. The maximum atomic E-state index is 13.8. The van der Waals surface area contributed by atoms with Crippen LogP contribution in [0.2, 0.25) is 0 Å². The summed E-state index contributed by atoms with van der Waals surface area (Å²) in [5.74, 6) is 1.83. The van der Waals surface area contributed by atoms with Gasteiger partial charge in [0.05, 0.1) is 43.3 Å². The molecule has 0 bridgehead atoms. The lowest BCUT2D eigenvalue weighted by Crippen LogP contribution is -2.39. The average molecular weight is 516 g/mol. The van der Waals surface area contributed by atoms with Gasteiger partial charge in [-0.3, -0.25) is 14.2 Å². The molecule has 1 amide bonds. The zero-order chi connectivity index (χ0) is 27.1. The maximum absolute atomic E-state index is 13.8. The number of rotatable bonds is 11. The van der Waals surface area contributed by atoms with Crippen molar-refractivity contribution in [3.05, 3.63) is 94.5 Å². The molecule has 198 valence electrons. The number of amides is 1. The van der Waals surface area contributed by atoms with Gasteiger partial charge in [0.1, 0.15) is 17.3 Å². The average Bonchev–Trinajstić information content (AvgIpc) is 2.95. The number of carbonyl (C=O) groups is 1. The lowest BCUT2D eigenvalue weighted by Gasteiger charge is -2.31. The first-order valence-electron chi connectivity index (χ1n) is 12.5. The first-order chi connectivity index (χ1) is 18.5. The predicted molar refractivity (Wildman–Crippen MR) is 147 cm³/mol. The van der Waals surface area contributed by atoms with E-state index in [0.29, 0.717) is 47.7 Å². The number of hydrogen-bond acceptors (Lipinski definition) is 6. The molecule has 0 fully saturated rings. The Morgan fingerprint density at radius 2 is 1.55 bits per heavy atom. The first kappa shape index (κ1) is 26.9. The number of benzene rings is 3. The van der Waals surface area contributed by atoms with Crippen LogP contribution >= 0.6 is 0 Å². The molecule has 8 heteroatoms. The van der Waals surface area contributed by atoms with Crippen LogP contribution in [0.5, 0.6) is 11.5 Å². The zero-order valence-corrected chi connectivity index (χ0v) is 22.2. The lowest BCUT2D eigenvalue weighted by molar-refractivity contribution is -0.133. The van der Waals surface area contributed by atoms with Crippen LogP contribution in [-0.4, -0.2) is 54.8 Å². The Hall–Kier alpha value is -4.17. The molecule has 1 heterocycles. The van der Waals surface area contributed by atoms with Crippen LogP contribution < -0.4 is 15.0 Å². The molecule has 0 aliphatic carbocycles. The third kappa shape index (κ3) is 5.86. The van der Waals surface area contributed by atoms with Gasteiger partial charge in [-0.15, -0.1) is 0 Å². The van der Waals surface area contributed by atoms with Gasteiger partial charge in [-0.25, -0.2) is 4.98 Å². The maximum Gasteiger partial charge on any atom is 0.266 e. The number of nitrogens with zero attached hydrogens (tertiary/aromatic N) is 3. The smallest absolute Gasteiger partial charge is 0.266 e. The van der Waals surface area contributed by atoms with Crippen molar-refractivity contribution in [1.29, 1.82) is 0 Å². The van der Waals surface area contributed by atoms with Crippen molar-refractivity contribution in [2.24, 2.45) is 0 Å². The summed E-state index contributed by atoms with van der Waals surface area (Å²) < 4.78 is 17.4. The SMILES string of the molecule is COCCCN(C(=O)Cc1ccc(OC)cc1)C(C)c1nc2ccccc2c(=O)n1-c1ccc(OC)cc1. The molecule has 0 aliphatic heterocycles. The number of aromatic nitrogens is 2. The van der Waals surface area contributed by atoms with Gasteiger partial charge in [0.15, 0.2) is 0 Å². The van der Waals surface area contributed by atoms with Crippen molar-refractivity contribution in [2.75, 3.05) is 34.5 Å². The van der Waals surface area contributed by atoms with Crippen LogP contribution in [0.3, 0.4) is 0 Å². The third-order valence-corrected chi connectivity index (χ3v) is 6.56. The molecule has 0 saturated heterocycles. The summed E-state index contributed by atoms with van der Waals surface area (Å²) in [6.45, 7) is 2.88. The molecule has 0 radical (unpaired) electrons. The van der Waals surface area contributed by atoms with Crippen LogP contribution in [0.25, 0.3) is 16.6 Å². The first-order valence-corrected chi connectivity index (χ1v) is 12.5.